The van der Waals surface area contributed by atoms with Gasteiger partial charge >= 0.3 is 0 Å². The summed E-state index contributed by atoms with van der Waals surface area (Å²) in [5.41, 5.74) is 0.950. The summed E-state index contributed by atoms with van der Waals surface area (Å²) < 4.78 is 29.0. The zero-order valence-corrected chi connectivity index (χ0v) is 20.0. The van der Waals surface area contributed by atoms with Crippen LogP contribution in [0.5, 0.6) is 0 Å². The van der Waals surface area contributed by atoms with Gasteiger partial charge in [0.15, 0.2) is 0 Å². The summed E-state index contributed by atoms with van der Waals surface area (Å²) in [5, 5.41) is 2.82. The third-order valence-electron chi connectivity index (χ3n) is 6.25. The van der Waals surface area contributed by atoms with E-state index in [1.807, 2.05) is 54.6 Å². The van der Waals surface area contributed by atoms with Crippen molar-refractivity contribution in [3.8, 4) is 0 Å². The van der Waals surface area contributed by atoms with E-state index in [1.165, 1.54) is 4.31 Å². The number of carbonyl (C=O) groups excluding carboxylic acids is 1. The fourth-order valence-electron chi connectivity index (χ4n) is 4.40. The van der Waals surface area contributed by atoms with E-state index in [0.717, 1.165) is 26.0 Å². The van der Waals surface area contributed by atoms with Crippen molar-refractivity contribution in [2.24, 2.45) is 5.92 Å². The Balaban J connectivity index is 1.23. The first-order valence-corrected chi connectivity index (χ1v) is 13.3. The molecule has 0 unspecified atom stereocenters. The quantitative estimate of drug-likeness (QED) is 0.422. The van der Waals surface area contributed by atoms with Crippen LogP contribution in [-0.4, -0.2) is 48.7 Å². The Morgan fingerprint density at radius 1 is 1.03 bits per heavy atom. The second-order valence-electron chi connectivity index (χ2n) is 8.46. The molecule has 1 amide bonds. The molecule has 4 aromatic rings. The second kappa shape index (κ2) is 8.85. The molecule has 3 aromatic carbocycles. The average Bonchev–Trinajstić information content (AvgIpc) is 3.25. The fourth-order valence-corrected chi connectivity index (χ4v) is 6.93. The summed E-state index contributed by atoms with van der Waals surface area (Å²) in [6.07, 6.45) is 1.05. The van der Waals surface area contributed by atoms with Gasteiger partial charge in [-0.2, -0.15) is 4.31 Å². The van der Waals surface area contributed by atoms with E-state index in [0.29, 0.717) is 37.4 Å². The number of para-hydroxylation sites is 1. The highest BCUT2D eigenvalue weighted by atomic mass is 32.2. The molecule has 8 heteroatoms. The first-order chi connectivity index (χ1) is 15.9. The van der Waals surface area contributed by atoms with Gasteiger partial charge in [0.05, 0.1) is 21.7 Å². The maximum atomic E-state index is 13.2. The van der Waals surface area contributed by atoms with Gasteiger partial charge in [-0.1, -0.05) is 42.5 Å². The lowest BCUT2D eigenvalue weighted by molar-refractivity contribution is -0.135. The molecule has 0 aliphatic carbocycles. The van der Waals surface area contributed by atoms with E-state index >= 15 is 0 Å². The SMILES string of the molecule is CN(Cc1nc2ccccc2s1)C(=O)C1CCN(S(=O)(=O)c2ccc3ccccc3c2)CC1. The van der Waals surface area contributed by atoms with Gasteiger partial charge in [-0.3, -0.25) is 4.79 Å². The number of sulfonamides is 1. The van der Waals surface area contributed by atoms with Crippen molar-refractivity contribution in [3.63, 3.8) is 0 Å². The predicted octanol–water partition coefficient (Wildman–Crippen LogP) is 4.51. The smallest absolute Gasteiger partial charge is 0.243 e. The molecule has 0 radical (unpaired) electrons. The van der Waals surface area contributed by atoms with Gasteiger partial charge in [-0.15, -0.1) is 11.3 Å². The molecule has 1 fully saturated rings. The number of amides is 1. The van der Waals surface area contributed by atoms with Gasteiger partial charge in [-0.25, -0.2) is 13.4 Å². The maximum Gasteiger partial charge on any atom is 0.243 e. The van der Waals surface area contributed by atoms with Crippen LogP contribution in [0.3, 0.4) is 0 Å². The minimum Gasteiger partial charge on any atom is -0.339 e. The van der Waals surface area contributed by atoms with Crippen LogP contribution in [0.15, 0.2) is 71.6 Å². The van der Waals surface area contributed by atoms with Gasteiger partial charge in [0.2, 0.25) is 15.9 Å². The molecule has 0 bridgehead atoms. The molecule has 1 aliphatic rings. The van der Waals surface area contributed by atoms with Crippen molar-refractivity contribution < 1.29 is 13.2 Å². The molecule has 0 saturated carbocycles. The van der Waals surface area contributed by atoms with E-state index in [9.17, 15) is 13.2 Å². The van der Waals surface area contributed by atoms with Crippen LogP contribution in [0.1, 0.15) is 17.8 Å². The Kier molecular flexibility index (Phi) is 5.90. The van der Waals surface area contributed by atoms with Crippen LogP contribution < -0.4 is 0 Å². The molecule has 0 N–H and O–H groups in total. The molecule has 33 heavy (non-hydrogen) atoms. The number of thiazole rings is 1. The standard InChI is InChI=1S/C25H25N3O3S2/c1-27(17-24-26-22-8-4-5-9-23(22)32-24)25(29)19-12-14-28(15-13-19)33(30,31)21-11-10-18-6-2-3-7-20(18)16-21/h2-11,16,19H,12-15,17H2,1H3. The Hall–Kier alpha value is -2.81. The lowest BCUT2D eigenvalue weighted by Gasteiger charge is -2.32. The summed E-state index contributed by atoms with van der Waals surface area (Å²) in [6.45, 7) is 1.16. The summed E-state index contributed by atoms with van der Waals surface area (Å²) in [5.74, 6) is -0.121. The minimum absolute atomic E-state index is 0.0528. The number of nitrogens with zero attached hydrogens (tertiary/aromatic N) is 3. The number of carbonyl (C=O) groups is 1. The van der Waals surface area contributed by atoms with Gasteiger partial charge in [-0.05, 0) is 47.9 Å². The fraction of sp³-hybridized carbons (Fsp3) is 0.280. The molecule has 6 nitrogen and oxygen atoms in total. The van der Waals surface area contributed by atoms with Crippen LogP contribution in [0.25, 0.3) is 21.0 Å². The third kappa shape index (κ3) is 4.38. The summed E-state index contributed by atoms with van der Waals surface area (Å²) in [6, 6.07) is 20.9. The van der Waals surface area contributed by atoms with E-state index in [1.54, 1.807) is 35.4 Å². The Labute approximate surface area is 197 Å². The van der Waals surface area contributed by atoms with Gasteiger partial charge in [0.25, 0.3) is 0 Å². The molecule has 1 saturated heterocycles. The monoisotopic (exact) mass is 479 g/mol. The first-order valence-electron chi connectivity index (χ1n) is 11.0. The van der Waals surface area contributed by atoms with Crippen molar-refractivity contribution in [1.29, 1.82) is 0 Å². The van der Waals surface area contributed by atoms with Crippen LogP contribution in [-0.2, 0) is 21.4 Å². The van der Waals surface area contributed by atoms with Crippen LogP contribution in [0.4, 0.5) is 0 Å². The Morgan fingerprint density at radius 3 is 2.48 bits per heavy atom. The maximum absolute atomic E-state index is 13.2. The Bertz CT molecular complexity index is 1390. The van der Waals surface area contributed by atoms with E-state index in [4.69, 9.17) is 0 Å². The topological polar surface area (TPSA) is 70.6 Å². The number of aromatic nitrogens is 1. The van der Waals surface area contributed by atoms with Gasteiger partial charge in [0.1, 0.15) is 5.01 Å². The molecule has 0 spiro atoms. The number of piperidine rings is 1. The van der Waals surface area contributed by atoms with E-state index in [-0.39, 0.29) is 11.8 Å². The number of benzene rings is 3. The normalized spacial score (nSPS) is 15.8. The van der Waals surface area contributed by atoms with Gasteiger partial charge in [0, 0.05) is 26.1 Å². The lowest BCUT2D eigenvalue weighted by atomic mass is 9.97. The third-order valence-corrected chi connectivity index (χ3v) is 9.16. The predicted molar refractivity (Wildman–Crippen MR) is 132 cm³/mol. The van der Waals surface area contributed by atoms with Crippen molar-refractivity contribution in [2.45, 2.75) is 24.3 Å². The zero-order chi connectivity index (χ0) is 23.0. The molecular weight excluding hydrogens is 454 g/mol. The number of fused-ring (bicyclic) bond motifs is 2. The first kappa shape index (κ1) is 22.0. The van der Waals surface area contributed by atoms with Crippen LogP contribution in [0.2, 0.25) is 0 Å². The molecular formula is C25H25N3O3S2. The number of hydrogen-bond acceptors (Lipinski definition) is 5. The van der Waals surface area contributed by atoms with Gasteiger partial charge < -0.3 is 4.90 Å². The van der Waals surface area contributed by atoms with Crippen molar-refractivity contribution in [1.82, 2.24) is 14.2 Å². The lowest BCUT2D eigenvalue weighted by Crippen LogP contribution is -2.43. The Morgan fingerprint density at radius 2 is 1.73 bits per heavy atom. The molecule has 170 valence electrons. The molecule has 5 rings (SSSR count). The summed E-state index contributed by atoms with van der Waals surface area (Å²) in [4.78, 5) is 19.7. The van der Waals surface area contributed by atoms with Crippen LogP contribution in [0, 0.1) is 5.92 Å². The molecule has 0 atom stereocenters. The van der Waals surface area contributed by atoms with Crippen LogP contribution >= 0.6 is 11.3 Å². The number of rotatable bonds is 5. The highest BCUT2D eigenvalue weighted by Gasteiger charge is 2.33. The van der Waals surface area contributed by atoms with E-state index < -0.39 is 10.0 Å². The summed E-state index contributed by atoms with van der Waals surface area (Å²) in [7, 11) is -1.79. The van der Waals surface area contributed by atoms with Crippen molar-refractivity contribution in [3.05, 3.63) is 71.7 Å². The average molecular weight is 480 g/mol. The summed E-state index contributed by atoms with van der Waals surface area (Å²) >= 11 is 1.60. The molecule has 1 aromatic heterocycles. The minimum atomic E-state index is -3.59. The van der Waals surface area contributed by atoms with Crippen molar-refractivity contribution in [2.75, 3.05) is 20.1 Å². The zero-order valence-electron chi connectivity index (χ0n) is 18.3. The molecule has 1 aliphatic heterocycles. The second-order valence-corrected chi connectivity index (χ2v) is 11.5. The highest BCUT2D eigenvalue weighted by Crippen LogP contribution is 2.28. The van der Waals surface area contributed by atoms with Crippen molar-refractivity contribution >= 4 is 48.3 Å². The largest absolute Gasteiger partial charge is 0.339 e. The van der Waals surface area contributed by atoms with E-state index in [2.05, 4.69) is 4.98 Å². The highest BCUT2D eigenvalue weighted by molar-refractivity contribution is 7.89. The number of hydrogen-bond donors (Lipinski definition) is 0. The molecule has 2 heterocycles.